The first kappa shape index (κ1) is 12.6. The lowest BCUT2D eigenvalue weighted by Crippen LogP contribution is -2.06. The molecular weight excluding hydrogens is 229 g/mol. The Labute approximate surface area is 107 Å². The molecule has 0 aliphatic carbocycles. The first-order chi connectivity index (χ1) is 8.47. The normalized spacial score (nSPS) is 11.0. The van der Waals surface area contributed by atoms with Gasteiger partial charge >= 0.3 is 0 Å². The first-order valence-electron chi connectivity index (χ1n) is 6.06. The van der Waals surface area contributed by atoms with Crippen molar-refractivity contribution in [2.75, 3.05) is 5.32 Å². The van der Waals surface area contributed by atoms with Gasteiger partial charge in [0.15, 0.2) is 0 Å². The van der Waals surface area contributed by atoms with Crippen LogP contribution in [0.1, 0.15) is 31.1 Å². The highest BCUT2D eigenvalue weighted by Gasteiger charge is 2.10. The summed E-state index contributed by atoms with van der Waals surface area (Å²) in [5.74, 6) is 0.413. The second-order valence-electron chi connectivity index (χ2n) is 4.82. The van der Waals surface area contributed by atoms with E-state index in [0.29, 0.717) is 11.6 Å². The summed E-state index contributed by atoms with van der Waals surface area (Å²) in [6.07, 6.45) is 1.96. The van der Waals surface area contributed by atoms with E-state index in [-0.39, 0.29) is 11.9 Å². The van der Waals surface area contributed by atoms with Gasteiger partial charge in [-0.05, 0) is 45.4 Å². The second-order valence-corrected chi connectivity index (χ2v) is 4.82. The molecule has 1 aromatic carbocycles. The van der Waals surface area contributed by atoms with E-state index in [1.54, 1.807) is 6.07 Å². The molecule has 0 fully saturated rings. The number of nitrogens with one attached hydrogen (secondary N) is 1. The van der Waals surface area contributed by atoms with E-state index in [0.717, 1.165) is 11.3 Å². The molecule has 18 heavy (non-hydrogen) atoms. The predicted molar refractivity (Wildman–Crippen MR) is 71.8 cm³/mol. The quantitative estimate of drug-likeness (QED) is 0.889. The van der Waals surface area contributed by atoms with E-state index < -0.39 is 0 Å². The number of halogens is 1. The molecular formula is C14H18FN3. The minimum absolute atomic E-state index is 0.258. The Morgan fingerprint density at radius 3 is 2.61 bits per heavy atom. The summed E-state index contributed by atoms with van der Waals surface area (Å²) >= 11 is 0. The van der Waals surface area contributed by atoms with Crippen molar-refractivity contribution < 1.29 is 4.39 Å². The van der Waals surface area contributed by atoms with Crippen LogP contribution in [0.2, 0.25) is 0 Å². The Bertz CT molecular complexity index is 558. The molecule has 2 aromatic rings. The molecule has 0 atom stereocenters. The zero-order chi connectivity index (χ0) is 13.3. The summed E-state index contributed by atoms with van der Waals surface area (Å²) in [6.45, 7) is 7.93. The summed E-state index contributed by atoms with van der Waals surface area (Å²) in [4.78, 5) is 4.38. The Kier molecular flexibility index (Phi) is 3.36. The van der Waals surface area contributed by atoms with E-state index >= 15 is 0 Å². The molecule has 0 saturated heterocycles. The Balaban J connectivity index is 2.33. The van der Waals surface area contributed by atoms with Crippen molar-refractivity contribution >= 4 is 11.6 Å². The monoisotopic (exact) mass is 247 g/mol. The summed E-state index contributed by atoms with van der Waals surface area (Å²) in [5, 5.41) is 3.05. The number of aromatic nitrogens is 2. The van der Waals surface area contributed by atoms with E-state index in [2.05, 4.69) is 24.1 Å². The molecule has 1 aromatic heterocycles. The fraction of sp³-hybridized carbons (Fsp3) is 0.357. The van der Waals surface area contributed by atoms with Crippen molar-refractivity contribution in [3.63, 3.8) is 0 Å². The lowest BCUT2D eigenvalue weighted by atomic mass is 10.2. The van der Waals surface area contributed by atoms with Gasteiger partial charge in [-0.3, -0.25) is 0 Å². The van der Waals surface area contributed by atoms with Crippen molar-refractivity contribution in [2.24, 2.45) is 0 Å². The molecule has 1 heterocycles. The number of nitrogens with zero attached hydrogens (tertiary/aromatic N) is 2. The molecule has 0 saturated carbocycles. The molecule has 2 rings (SSSR count). The van der Waals surface area contributed by atoms with Crippen molar-refractivity contribution in [3.05, 3.63) is 41.5 Å². The first-order valence-corrected chi connectivity index (χ1v) is 6.06. The van der Waals surface area contributed by atoms with Crippen molar-refractivity contribution in [1.29, 1.82) is 0 Å². The van der Waals surface area contributed by atoms with Crippen LogP contribution in [0.15, 0.2) is 24.4 Å². The highest BCUT2D eigenvalue weighted by atomic mass is 19.1. The lowest BCUT2D eigenvalue weighted by molar-refractivity contribution is 0.604. The van der Waals surface area contributed by atoms with Gasteiger partial charge in [-0.15, -0.1) is 0 Å². The lowest BCUT2D eigenvalue weighted by Gasteiger charge is -2.13. The second kappa shape index (κ2) is 4.80. The van der Waals surface area contributed by atoms with Gasteiger partial charge in [-0.2, -0.15) is 0 Å². The fourth-order valence-corrected chi connectivity index (χ4v) is 1.84. The van der Waals surface area contributed by atoms with Gasteiger partial charge < -0.3 is 9.88 Å². The van der Waals surface area contributed by atoms with Crippen LogP contribution in [0.5, 0.6) is 0 Å². The number of imidazole rings is 1. The van der Waals surface area contributed by atoms with Gasteiger partial charge in [0.2, 0.25) is 5.95 Å². The highest BCUT2D eigenvalue weighted by Crippen LogP contribution is 2.22. The number of benzene rings is 1. The predicted octanol–water partition coefficient (Wildman–Crippen LogP) is 3.96. The van der Waals surface area contributed by atoms with Crippen LogP contribution in [0.4, 0.5) is 16.0 Å². The molecule has 0 aliphatic rings. The molecule has 0 unspecified atom stereocenters. The largest absolute Gasteiger partial charge is 0.323 e. The molecule has 0 bridgehead atoms. The van der Waals surface area contributed by atoms with Crippen LogP contribution in [0.3, 0.4) is 0 Å². The molecule has 0 aliphatic heterocycles. The van der Waals surface area contributed by atoms with Crippen molar-refractivity contribution in [2.45, 2.75) is 33.7 Å². The SMILES string of the molecule is Cc1ccc(Nc2nc(C)cn2C(C)C)c(F)c1. The average molecular weight is 247 g/mol. The smallest absolute Gasteiger partial charge is 0.207 e. The van der Waals surface area contributed by atoms with Crippen molar-refractivity contribution in [1.82, 2.24) is 9.55 Å². The molecule has 0 spiro atoms. The van der Waals surface area contributed by atoms with Crippen LogP contribution in [-0.2, 0) is 0 Å². The maximum Gasteiger partial charge on any atom is 0.207 e. The maximum atomic E-state index is 13.8. The summed E-state index contributed by atoms with van der Waals surface area (Å²) in [5.41, 5.74) is 2.27. The van der Waals surface area contributed by atoms with E-state index in [4.69, 9.17) is 0 Å². The Morgan fingerprint density at radius 1 is 1.28 bits per heavy atom. The van der Waals surface area contributed by atoms with Crippen LogP contribution in [0.25, 0.3) is 0 Å². The van der Waals surface area contributed by atoms with E-state index in [1.165, 1.54) is 6.07 Å². The molecule has 3 nitrogen and oxygen atoms in total. The Hall–Kier alpha value is -1.84. The maximum absolute atomic E-state index is 13.8. The molecule has 96 valence electrons. The zero-order valence-electron chi connectivity index (χ0n) is 11.2. The van der Waals surface area contributed by atoms with Crippen LogP contribution >= 0.6 is 0 Å². The molecule has 0 amide bonds. The summed E-state index contributed by atoms with van der Waals surface area (Å²) in [6, 6.07) is 5.40. The topological polar surface area (TPSA) is 29.9 Å². The minimum atomic E-state index is -0.258. The van der Waals surface area contributed by atoms with Crippen LogP contribution < -0.4 is 5.32 Å². The average Bonchev–Trinajstić information content (AvgIpc) is 2.64. The van der Waals surface area contributed by atoms with E-state index in [9.17, 15) is 4.39 Å². The number of aryl methyl sites for hydroxylation is 2. The van der Waals surface area contributed by atoms with Crippen LogP contribution in [-0.4, -0.2) is 9.55 Å². The summed E-state index contributed by atoms with van der Waals surface area (Å²) in [7, 11) is 0. The van der Waals surface area contributed by atoms with E-state index in [1.807, 2.05) is 30.7 Å². The van der Waals surface area contributed by atoms with Crippen LogP contribution in [0, 0.1) is 19.7 Å². The van der Waals surface area contributed by atoms with Gasteiger partial charge in [0, 0.05) is 12.2 Å². The molecule has 1 N–H and O–H groups in total. The third-order valence-electron chi connectivity index (χ3n) is 2.78. The van der Waals surface area contributed by atoms with Gasteiger partial charge in [0.25, 0.3) is 0 Å². The number of hydrogen-bond acceptors (Lipinski definition) is 2. The highest BCUT2D eigenvalue weighted by molar-refractivity contribution is 5.55. The third kappa shape index (κ3) is 2.53. The molecule has 0 radical (unpaired) electrons. The van der Waals surface area contributed by atoms with Gasteiger partial charge in [0.05, 0.1) is 11.4 Å². The van der Waals surface area contributed by atoms with Gasteiger partial charge in [-0.1, -0.05) is 6.07 Å². The standard InChI is InChI=1S/C14H18FN3/c1-9(2)18-8-11(4)16-14(18)17-13-6-5-10(3)7-12(13)15/h5-9H,1-4H3,(H,16,17). The molecule has 4 heteroatoms. The fourth-order valence-electron chi connectivity index (χ4n) is 1.84. The number of hydrogen-bond donors (Lipinski definition) is 1. The zero-order valence-corrected chi connectivity index (χ0v) is 11.2. The summed E-state index contributed by atoms with van der Waals surface area (Å²) < 4.78 is 15.8. The number of anilines is 2. The van der Waals surface area contributed by atoms with Gasteiger partial charge in [0.1, 0.15) is 5.82 Å². The number of rotatable bonds is 3. The van der Waals surface area contributed by atoms with Crippen molar-refractivity contribution in [3.8, 4) is 0 Å². The minimum Gasteiger partial charge on any atom is -0.323 e. The third-order valence-corrected chi connectivity index (χ3v) is 2.78. The Morgan fingerprint density at radius 2 is 2.00 bits per heavy atom. The van der Waals surface area contributed by atoms with Gasteiger partial charge in [-0.25, -0.2) is 9.37 Å².